The van der Waals surface area contributed by atoms with Crippen molar-refractivity contribution >= 4 is 29.0 Å². The molecule has 1 saturated heterocycles. The molecule has 3 aromatic rings. The smallest absolute Gasteiger partial charge is 0.276 e. The molecule has 0 unspecified atom stereocenters. The maximum atomic E-state index is 12.5. The van der Waals surface area contributed by atoms with Crippen molar-refractivity contribution in [3.8, 4) is 0 Å². The number of nitrogens with zero attached hydrogens (tertiary/aromatic N) is 3. The topological polar surface area (TPSA) is 85.4 Å². The Hall–Kier alpha value is -3.45. The van der Waals surface area contributed by atoms with Gasteiger partial charge >= 0.3 is 0 Å². The summed E-state index contributed by atoms with van der Waals surface area (Å²) < 4.78 is 0. The highest BCUT2D eigenvalue weighted by Gasteiger charge is 2.25. The average Bonchev–Trinajstić information content (AvgIpc) is 3.50. The third-order valence-electron chi connectivity index (χ3n) is 5.62. The van der Waals surface area contributed by atoms with E-state index in [9.17, 15) is 4.79 Å². The van der Waals surface area contributed by atoms with Gasteiger partial charge in [0.1, 0.15) is 11.3 Å². The minimum absolute atomic E-state index is 0.0555. The molecule has 2 aliphatic heterocycles. The van der Waals surface area contributed by atoms with Gasteiger partial charge in [-0.1, -0.05) is 30.3 Å². The van der Waals surface area contributed by atoms with Gasteiger partial charge in [0, 0.05) is 29.9 Å². The van der Waals surface area contributed by atoms with E-state index in [0.717, 1.165) is 36.2 Å². The fourth-order valence-corrected chi connectivity index (χ4v) is 4.09. The van der Waals surface area contributed by atoms with E-state index in [1.807, 2.05) is 36.5 Å². The second-order valence-electron chi connectivity index (χ2n) is 7.70. The molecule has 7 heteroatoms. The van der Waals surface area contributed by atoms with Crippen LogP contribution in [-0.4, -0.2) is 46.4 Å². The fraction of sp³-hybridized carbons (Fsp3) is 0.261. The lowest BCUT2D eigenvalue weighted by molar-refractivity contribution is -0.115. The molecule has 0 radical (unpaired) electrons. The van der Waals surface area contributed by atoms with Crippen molar-refractivity contribution < 1.29 is 4.79 Å². The Balaban J connectivity index is 1.39. The fourth-order valence-electron chi connectivity index (χ4n) is 4.09. The molecule has 30 heavy (non-hydrogen) atoms. The molecule has 1 atom stereocenters. The zero-order valence-electron chi connectivity index (χ0n) is 16.6. The van der Waals surface area contributed by atoms with E-state index < -0.39 is 0 Å². The van der Waals surface area contributed by atoms with Crippen LogP contribution in [0, 0.1) is 0 Å². The highest BCUT2D eigenvalue weighted by molar-refractivity contribution is 6.14. The summed E-state index contributed by atoms with van der Waals surface area (Å²) in [6.07, 6.45) is 7.86. The van der Waals surface area contributed by atoms with Crippen molar-refractivity contribution in [2.45, 2.75) is 18.9 Å². The highest BCUT2D eigenvalue weighted by Crippen LogP contribution is 2.21. The number of carbonyl (C=O) groups excluding carboxylic acids is 1. The molecule has 0 saturated carbocycles. The molecule has 3 N–H and O–H groups in total. The second kappa shape index (κ2) is 8.12. The number of nitrogens with one attached hydrogen (secondary N) is 3. The van der Waals surface area contributed by atoms with Crippen LogP contribution in [0.15, 0.2) is 65.5 Å². The van der Waals surface area contributed by atoms with Gasteiger partial charge in [-0.2, -0.15) is 0 Å². The Morgan fingerprint density at radius 3 is 2.80 bits per heavy atom. The van der Waals surface area contributed by atoms with Gasteiger partial charge < -0.3 is 15.2 Å². The molecule has 0 aliphatic carbocycles. The zero-order valence-corrected chi connectivity index (χ0v) is 16.6. The molecular formula is C23H24N6O. The Morgan fingerprint density at radius 2 is 1.97 bits per heavy atom. The largest absolute Gasteiger partial charge is 0.348 e. The summed E-state index contributed by atoms with van der Waals surface area (Å²) in [7, 11) is 0. The Morgan fingerprint density at radius 1 is 1.13 bits per heavy atom. The highest BCUT2D eigenvalue weighted by atomic mass is 16.2. The third-order valence-corrected chi connectivity index (χ3v) is 5.62. The van der Waals surface area contributed by atoms with Gasteiger partial charge in [-0.15, -0.1) is 0 Å². The number of aliphatic imine (C=N–C) groups is 1. The summed E-state index contributed by atoms with van der Waals surface area (Å²) in [5.41, 5.74) is 3.25. The summed E-state index contributed by atoms with van der Waals surface area (Å²) in [4.78, 5) is 27.0. The van der Waals surface area contributed by atoms with Crippen LogP contribution in [0.25, 0.3) is 17.1 Å². The molecule has 2 aromatic heterocycles. The van der Waals surface area contributed by atoms with Crippen molar-refractivity contribution in [1.29, 1.82) is 0 Å². The summed E-state index contributed by atoms with van der Waals surface area (Å²) in [5, 5.41) is 7.29. The van der Waals surface area contributed by atoms with Gasteiger partial charge in [-0.25, -0.2) is 9.98 Å². The third kappa shape index (κ3) is 3.84. The maximum absolute atomic E-state index is 12.5. The van der Waals surface area contributed by atoms with Gasteiger partial charge in [-0.3, -0.25) is 10.1 Å². The number of hydrogen-bond acceptors (Lipinski definition) is 5. The number of aromatic nitrogens is 2. The molecule has 152 valence electrons. The summed E-state index contributed by atoms with van der Waals surface area (Å²) >= 11 is 0. The molecule has 4 heterocycles. The quantitative estimate of drug-likeness (QED) is 0.575. The first-order valence-corrected chi connectivity index (χ1v) is 10.3. The Labute approximate surface area is 174 Å². The van der Waals surface area contributed by atoms with Crippen molar-refractivity contribution in [3.05, 3.63) is 71.7 Å². The molecule has 1 fully saturated rings. The van der Waals surface area contributed by atoms with Crippen LogP contribution in [0.4, 0.5) is 0 Å². The predicted octanol–water partition coefficient (Wildman–Crippen LogP) is 2.82. The number of pyridine rings is 1. The molecule has 1 aromatic carbocycles. The predicted molar refractivity (Wildman–Crippen MR) is 118 cm³/mol. The van der Waals surface area contributed by atoms with E-state index in [2.05, 4.69) is 42.6 Å². The zero-order chi connectivity index (χ0) is 20.3. The number of fused-ring (bicyclic) bond motifs is 1. The van der Waals surface area contributed by atoms with Crippen LogP contribution in [0.5, 0.6) is 0 Å². The van der Waals surface area contributed by atoms with Gasteiger partial charge in [0.25, 0.3) is 5.91 Å². The van der Waals surface area contributed by atoms with E-state index in [1.165, 1.54) is 18.4 Å². The van der Waals surface area contributed by atoms with E-state index in [1.54, 1.807) is 12.3 Å². The van der Waals surface area contributed by atoms with Crippen LogP contribution in [-0.2, 0) is 4.79 Å². The monoisotopic (exact) mass is 400 g/mol. The van der Waals surface area contributed by atoms with Crippen molar-refractivity contribution in [2.24, 2.45) is 4.99 Å². The van der Waals surface area contributed by atoms with E-state index in [-0.39, 0.29) is 11.9 Å². The first kappa shape index (κ1) is 18.6. The van der Waals surface area contributed by atoms with Crippen molar-refractivity contribution in [1.82, 2.24) is 25.5 Å². The molecule has 2 aliphatic rings. The van der Waals surface area contributed by atoms with Gasteiger partial charge in [0.15, 0.2) is 0 Å². The first-order chi connectivity index (χ1) is 14.8. The van der Waals surface area contributed by atoms with E-state index in [4.69, 9.17) is 0 Å². The van der Waals surface area contributed by atoms with Crippen LogP contribution < -0.4 is 10.6 Å². The van der Waals surface area contributed by atoms with Crippen LogP contribution in [0.2, 0.25) is 0 Å². The molecule has 0 bridgehead atoms. The number of likely N-dealkylation sites (tertiary alicyclic amines) is 1. The van der Waals surface area contributed by atoms with Crippen molar-refractivity contribution in [2.75, 3.05) is 19.6 Å². The lowest BCUT2D eigenvalue weighted by Gasteiger charge is -2.25. The number of benzene rings is 1. The minimum Gasteiger partial charge on any atom is -0.348 e. The SMILES string of the molecule is O=C1NC(N[C@@H](CN2CCCC2)c2ccccc2)=NC1=Cc1c[nH]c2ncccc12. The molecule has 7 nitrogen and oxygen atoms in total. The van der Waals surface area contributed by atoms with Crippen LogP contribution in [0.3, 0.4) is 0 Å². The summed E-state index contributed by atoms with van der Waals surface area (Å²) in [5.74, 6) is 0.293. The summed E-state index contributed by atoms with van der Waals surface area (Å²) in [6, 6.07) is 14.2. The van der Waals surface area contributed by atoms with Crippen molar-refractivity contribution in [3.63, 3.8) is 0 Å². The maximum Gasteiger partial charge on any atom is 0.276 e. The molecule has 1 amide bonds. The number of H-pyrrole nitrogens is 1. The van der Waals surface area contributed by atoms with Gasteiger partial charge in [0.05, 0.1) is 6.04 Å². The van der Waals surface area contributed by atoms with Crippen LogP contribution >= 0.6 is 0 Å². The number of carbonyl (C=O) groups is 1. The Kier molecular flexibility index (Phi) is 5.03. The lowest BCUT2D eigenvalue weighted by Crippen LogP contribution is -2.42. The average molecular weight is 400 g/mol. The molecule has 0 spiro atoms. The first-order valence-electron chi connectivity index (χ1n) is 10.3. The van der Waals surface area contributed by atoms with Gasteiger partial charge in [-0.05, 0) is 49.7 Å². The lowest BCUT2D eigenvalue weighted by atomic mass is 10.1. The Bertz CT molecular complexity index is 1110. The van der Waals surface area contributed by atoms with E-state index in [0.29, 0.717) is 11.7 Å². The summed E-state index contributed by atoms with van der Waals surface area (Å²) in [6.45, 7) is 3.11. The number of amides is 1. The standard InChI is InChI=1S/C23H24N6O/c30-22-19(13-17-14-25-21-18(17)9-6-10-24-21)26-23(28-22)27-20(15-29-11-4-5-12-29)16-7-2-1-3-8-16/h1-3,6-10,13-14,20H,4-5,11-12,15H2,(H,24,25)(H2,26,27,28,30)/t20-/m0/s1. The molecule has 5 rings (SSSR count). The van der Waals surface area contributed by atoms with E-state index >= 15 is 0 Å². The number of aromatic amines is 1. The number of rotatable bonds is 5. The van der Waals surface area contributed by atoms with Crippen LogP contribution in [0.1, 0.15) is 30.0 Å². The number of hydrogen-bond donors (Lipinski definition) is 3. The van der Waals surface area contributed by atoms with Gasteiger partial charge in [0.2, 0.25) is 5.96 Å². The molecular weight excluding hydrogens is 376 g/mol. The number of guanidine groups is 1. The normalized spacial score (nSPS) is 19.3. The minimum atomic E-state index is -0.205. The second-order valence-corrected chi connectivity index (χ2v) is 7.70.